The first-order valence-electron chi connectivity index (χ1n) is 6.15. The summed E-state index contributed by atoms with van der Waals surface area (Å²) in [6.45, 7) is 9.86. The van der Waals surface area contributed by atoms with Crippen molar-refractivity contribution in [3.63, 3.8) is 0 Å². The van der Waals surface area contributed by atoms with Gasteiger partial charge in [-0.2, -0.15) is 0 Å². The van der Waals surface area contributed by atoms with Crippen molar-refractivity contribution in [3.8, 4) is 0 Å². The van der Waals surface area contributed by atoms with Crippen molar-refractivity contribution in [1.29, 1.82) is 0 Å². The maximum atomic E-state index is 3.49. The Morgan fingerprint density at radius 3 is 2.71 bits per heavy atom. The number of hydrogen-bond donors (Lipinski definition) is 1. The molecular formula is C12H24N2. The van der Waals surface area contributed by atoms with Crippen LogP contribution in [-0.2, 0) is 0 Å². The van der Waals surface area contributed by atoms with Crippen molar-refractivity contribution >= 4 is 0 Å². The number of nitrogens with one attached hydrogen (secondary N) is 1. The van der Waals surface area contributed by atoms with E-state index in [1.165, 1.54) is 51.9 Å². The molecule has 2 heteroatoms. The molecule has 0 spiro atoms. The molecule has 0 aromatic heterocycles. The second kappa shape index (κ2) is 4.19. The highest BCUT2D eigenvalue weighted by atomic mass is 15.2. The van der Waals surface area contributed by atoms with Gasteiger partial charge in [0, 0.05) is 19.1 Å². The van der Waals surface area contributed by atoms with E-state index in [9.17, 15) is 0 Å². The van der Waals surface area contributed by atoms with Crippen molar-refractivity contribution in [2.75, 3.05) is 26.2 Å². The van der Waals surface area contributed by atoms with Gasteiger partial charge in [0.25, 0.3) is 0 Å². The minimum Gasteiger partial charge on any atom is -0.315 e. The maximum absolute atomic E-state index is 3.49. The Bertz CT molecular complexity index is 181. The molecule has 2 fully saturated rings. The molecular weight excluding hydrogens is 172 g/mol. The zero-order valence-corrected chi connectivity index (χ0v) is 9.68. The summed E-state index contributed by atoms with van der Waals surface area (Å²) < 4.78 is 0. The fourth-order valence-electron chi connectivity index (χ4n) is 3.16. The Kier molecular flexibility index (Phi) is 3.13. The first-order chi connectivity index (χ1) is 6.70. The second-order valence-corrected chi connectivity index (χ2v) is 5.54. The average molecular weight is 196 g/mol. The van der Waals surface area contributed by atoms with Gasteiger partial charge in [0.15, 0.2) is 0 Å². The van der Waals surface area contributed by atoms with E-state index in [0.29, 0.717) is 5.41 Å². The molecule has 0 bridgehead atoms. The molecule has 2 nitrogen and oxygen atoms in total. The van der Waals surface area contributed by atoms with Crippen LogP contribution in [0.15, 0.2) is 0 Å². The Balaban J connectivity index is 1.98. The summed E-state index contributed by atoms with van der Waals surface area (Å²) in [5, 5.41) is 3.49. The van der Waals surface area contributed by atoms with Gasteiger partial charge < -0.3 is 5.32 Å². The van der Waals surface area contributed by atoms with Crippen molar-refractivity contribution in [2.24, 2.45) is 5.41 Å². The quantitative estimate of drug-likeness (QED) is 0.688. The summed E-state index contributed by atoms with van der Waals surface area (Å²) >= 11 is 0. The predicted octanol–water partition coefficient (Wildman–Crippen LogP) is 1.86. The molecule has 14 heavy (non-hydrogen) atoms. The first-order valence-corrected chi connectivity index (χ1v) is 6.15. The third kappa shape index (κ3) is 2.12. The molecule has 0 radical (unpaired) electrons. The third-order valence-corrected chi connectivity index (χ3v) is 4.02. The van der Waals surface area contributed by atoms with E-state index < -0.39 is 0 Å². The molecule has 0 aromatic carbocycles. The standard InChI is InChI=1S/C12H24N2/c1-12(2)6-3-5-11(12)14-9-4-7-13-8-10-14/h11,13H,3-10H2,1-2H3. The fourth-order valence-corrected chi connectivity index (χ4v) is 3.16. The van der Waals surface area contributed by atoms with Gasteiger partial charge in [-0.05, 0) is 37.8 Å². The van der Waals surface area contributed by atoms with E-state index in [-0.39, 0.29) is 0 Å². The number of hydrogen-bond acceptors (Lipinski definition) is 2. The molecule has 1 atom stereocenters. The molecule has 0 amide bonds. The van der Waals surface area contributed by atoms with Crippen LogP contribution in [0.5, 0.6) is 0 Å². The second-order valence-electron chi connectivity index (χ2n) is 5.54. The molecule has 2 rings (SSSR count). The van der Waals surface area contributed by atoms with Crippen molar-refractivity contribution in [2.45, 2.75) is 45.6 Å². The lowest BCUT2D eigenvalue weighted by atomic mass is 9.86. The van der Waals surface area contributed by atoms with Crippen molar-refractivity contribution in [1.82, 2.24) is 10.2 Å². The zero-order valence-electron chi connectivity index (χ0n) is 9.68. The van der Waals surface area contributed by atoms with Gasteiger partial charge in [-0.1, -0.05) is 20.3 Å². The summed E-state index contributed by atoms with van der Waals surface area (Å²) in [5.41, 5.74) is 0.560. The van der Waals surface area contributed by atoms with Crippen LogP contribution in [0, 0.1) is 5.41 Å². The Morgan fingerprint density at radius 1 is 1.14 bits per heavy atom. The SMILES string of the molecule is CC1(C)CCCC1N1CCCNCC1. The lowest BCUT2D eigenvalue weighted by Crippen LogP contribution is -2.43. The molecule has 1 saturated heterocycles. The molecule has 1 aliphatic heterocycles. The monoisotopic (exact) mass is 196 g/mol. The van der Waals surface area contributed by atoms with E-state index in [1.54, 1.807) is 0 Å². The molecule has 1 N–H and O–H groups in total. The van der Waals surface area contributed by atoms with E-state index >= 15 is 0 Å². The highest BCUT2D eigenvalue weighted by Crippen LogP contribution is 2.40. The van der Waals surface area contributed by atoms with E-state index in [1.807, 2.05) is 0 Å². The van der Waals surface area contributed by atoms with Gasteiger partial charge in [-0.15, -0.1) is 0 Å². The fraction of sp³-hybridized carbons (Fsp3) is 1.00. The largest absolute Gasteiger partial charge is 0.315 e. The summed E-state index contributed by atoms with van der Waals surface area (Å²) in [7, 11) is 0. The van der Waals surface area contributed by atoms with Crippen molar-refractivity contribution < 1.29 is 0 Å². The van der Waals surface area contributed by atoms with Gasteiger partial charge >= 0.3 is 0 Å². The smallest absolute Gasteiger partial charge is 0.0147 e. The van der Waals surface area contributed by atoms with Crippen LogP contribution in [0.4, 0.5) is 0 Å². The minimum atomic E-state index is 0.560. The lowest BCUT2D eigenvalue weighted by Gasteiger charge is -2.36. The summed E-state index contributed by atoms with van der Waals surface area (Å²) in [6.07, 6.45) is 5.60. The Morgan fingerprint density at radius 2 is 2.00 bits per heavy atom. The van der Waals surface area contributed by atoms with Crippen molar-refractivity contribution in [3.05, 3.63) is 0 Å². The van der Waals surface area contributed by atoms with Crippen LogP contribution < -0.4 is 5.32 Å². The van der Waals surface area contributed by atoms with E-state index in [4.69, 9.17) is 0 Å². The third-order valence-electron chi connectivity index (χ3n) is 4.02. The van der Waals surface area contributed by atoms with Gasteiger partial charge in [-0.25, -0.2) is 0 Å². The zero-order chi connectivity index (χ0) is 10.0. The average Bonchev–Trinajstić information content (AvgIpc) is 2.41. The van der Waals surface area contributed by atoms with Crippen LogP contribution in [0.1, 0.15) is 39.5 Å². The molecule has 82 valence electrons. The number of rotatable bonds is 1. The van der Waals surface area contributed by atoms with Gasteiger partial charge in [0.1, 0.15) is 0 Å². The Labute approximate surface area is 88.1 Å². The van der Waals surface area contributed by atoms with Crippen LogP contribution in [0.2, 0.25) is 0 Å². The van der Waals surface area contributed by atoms with E-state index in [0.717, 1.165) is 6.04 Å². The molecule has 2 aliphatic rings. The molecule has 1 unspecified atom stereocenters. The normalized spacial score (nSPS) is 34.3. The highest BCUT2D eigenvalue weighted by Gasteiger charge is 2.37. The van der Waals surface area contributed by atoms with E-state index in [2.05, 4.69) is 24.1 Å². The summed E-state index contributed by atoms with van der Waals surface area (Å²) in [5.74, 6) is 0. The first kappa shape index (κ1) is 10.4. The maximum Gasteiger partial charge on any atom is 0.0147 e. The van der Waals surface area contributed by atoms with Crippen LogP contribution >= 0.6 is 0 Å². The Hall–Kier alpha value is -0.0800. The molecule has 1 aliphatic carbocycles. The molecule has 1 saturated carbocycles. The molecule has 1 heterocycles. The van der Waals surface area contributed by atoms with Crippen LogP contribution in [0.25, 0.3) is 0 Å². The molecule has 0 aromatic rings. The topological polar surface area (TPSA) is 15.3 Å². The van der Waals surface area contributed by atoms with Gasteiger partial charge in [0.05, 0.1) is 0 Å². The summed E-state index contributed by atoms with van der Waals surface area (Å²) in [6, 6.07) is 0.849. The van der Waals surface area contributed by atoms with Gasteiger partial charge in [-0.3, -0.25) is 4.90 Å². The highest BCUT2D eigenvalue weighted by molar-refractivity contribution is 4.92. The van der Waals surface area contributed by atoms with Gasteiger partial charge in [0.2, 0.25) is 0 Å². The van der Waals surface area contributed by atoms with Crippen LogP contribution in [0.3, 0.4) is 0 Å². The van der Waals surface area contributed by atoms with Crippen LogP contribution in [-0.4, -0.2) is 37.1 Å². The predicted molar refractivity (Wildman–Crippen MR) is 60.5 cm³/mol. The summed E-state index contributed by atoms with van der Waals surface area (Å²) in [4.78, 5) is 2.73. The number of nitrogens with zero attached hydrogens (tertiary/aromatic N) is 1. The minimum absolute atomic E-state index is 0.560. The lowest BCUT2D eigenvalue weighted by molar-refractivity contribution is 0.120.